The van der Waals surface area contributed by atoms with Crippen molar-refractivity contribution >= 4 is 23.8 Å². The summed E-state index contributed by atoms with van der Waals surface area (Å²) in [5.41, 5.74) is 0. The Labute approximate surface area is 225 Å². The molecule has 0 atom stereocenters. The molecule has 0 bridgehead atoms. The highest BCUT2D eigenvalue weighted by molar-refractivity contribution is 5.89. The highest BCUT2D eigenvalue weighted by Gasteiger charge is 2.19. The van der Waals surface area contributed by atoms with Crippen molar-refractivity contribution < 1.29 is 29.4 Å². The maximum Gasteiger partial charge on any atom is 0.328 e. The van der Waals surface area contributed by atoms with Crippen LogP contribution in [0.15, 0.2) is 12.2 Å². The third kappa shape index (κ3) is 13.3. The van der Waals surface area contributed by atoms with Gasteiger partial charge >= 0.3 is 11.9 Å². The monoisotopic (exact) mass is 528 g/mol. The van der Waals surface area contributed by atoms with Crippen molar-refractivity contribution in [2.75, 3.05) is 65.4 Å². The molecule has 10 heteroatoms. The van der Waals surface area contributed by atoms with Gasteiger partial charge in [-0.1, -0.05) is 23.7 Å². The average Bonchev–Trinajstić information content (AvgIpc) is 3.70. The van der Waals surface area contributed by atoms with Crippen molar-refractivity contribution in [1.82, 2.24) is 19.6 Å². The Hall–Kier alpha value is -3.34. The second-order valence-corrected chi connectivity index (χ2v) is 9.52. The van der Waals surface area contributed by atoms with Gasteiger partial charge in [-0.05, 0) is 64.7 Å². The molecule has 4 aliphatic heterocycles. The van der Waals surface area contributed by atoms with Gasteiger partial charge < -0.3 is 20.0 Å². The molecule has 0 aromatic heterocycles. The SMILES string of the molecule is O=C(O)C=CC(=O)O.O=C1CCCN1CC#CCN1CCCC1.O=C1CCCN1CC#CCN1CCCC1. The van der Waals surface area contributed by atoms with E-state index >= 15 is 0 Å². The molecule has 0 aliphatic carbocycles. The highest BCUT2D eigenvalue weighted by Crippen LogP contribution is 2.09. The summed E-state index contributed by atoms with van der Waals surface area (Å²) in [5.74, 6) is 10.5. The Morgan fingerprint density at radius 2 is 0.921 bits per heavy atom. The van der Waals surface area contributed by atoms with E-state index in [1.54, 1.807) is 0 Å². The largest absolute Gasteiger partial charge is 0.478 e. The second-order valence-electron chi connectivity index (χ2n) is 9.52. The quantitative estimate of drug-likeness (QED) is 0.389. The van der Waals surface area contributed by atoms with E-state index in [1.807, 2.05) is 9.80 Å². The Bertz CT molecular complexity index is 870. The van der Waals surface area contributed by atoms with E-state index < -0.39 is 11.9 Å². The summed E-state index contributed by atoms with van der Waals surface area (Å²) in [6, 6.07) is 0. The topological polar surface area (TPSA) is 122 Å². The van der Waals surface area contributed by atoms with Crippen LogP contribution in [0.1, 0.15) is 51.4 Å². The van der Waals surface area contributed by atoms with E-state index in [-0.39, 0.29) is 11.8 Å². The molecule has 2 amide bonds. The first-order chi connectivity index (χ1) is 18.3. The fourth-order valence-corrected chi connectivity index (χ4v) is 4.40. The molecule has 0 unspecified atom stereocenters. The summed E-state index contributed by atoms with van der Waals surface area (Å²) in [5, 5.41) is 15.6. The molecule has 0 aromatic rings. The molecule has 2 N–H and O–H groups in total. The van der Waals surface area contributed by atoms with Gasteiger partial charge in [-0.25, -0.2) is 9.59 Å². The molecule has 0 saturated carbocycles. The van der Waals surface area contributed by atoms with Gasteiger partial charge in [0.1, 0.15) is 0 Å². The molecule has 4 rings (SSSR count). The van der Waals surface area contributed by atoms with Crippen LogP contribution in [0, 0.1) is 23.7 Å². The zero-order chi connectivity index (χ0) is 27.6. The van der Waals surface area contributed by atoms with E-state index in [9.17, 15) is 19.2 Å². The molecule has 0 radical (unpaired) electrons. The van der Waals surface area contributed by atoms with Gasteiger partial charge in [0.2, 0.25) is 11.8 Å². The normalized spacial score (nSPS) is 19.3. The number of nitrogens with zero attached hydrogens (tertiary/aromatic N) is 4. The van der Waals surface area contributed by atoms with Gasteiger partial charge in [0.15, 0.2) is 0 Å². The lowest BCUT2D eigenvalue weighted by atomic mass is 10.4. The zero-order valence-electron chi connectivity index (χ0n) is 22.2. The summed E-state index contributed by atoms with van der Waals surface area (Å²) >= 11 is 0. The molecule has 4 aliphatic rings. The molecular formula is C28H40N4O6. The van der Waals surface area contributed by atoms with Gasteiger partial charge in [0, 0.05) is 38.1 Å². The Kier molecular flexibility index (Phi) is 14.6. The van der Waals surface area contributed by atoms with E-state index in [0.29, 0.717) is 38.1 Å². The van der Waals surface area contributed by atoms with Crippen LogP contribution >= 0.6 is 0 Å². The Morgan fingerprint density at radius 3 is 1.21 bits per heavy atom. The van der Waals surface area contributed by atoms with Crippen molar-refractivity contribution in [3.63, 3.8) is 0 Å². The molecule has 0 spiro atoms. The Morgan fingerprint density at radius 1 is 0.579 bits per heavy atom. The number of hydrogen-bond donors (Lipinski definition) is 2. The van der Waals surface area contributed by atoms with Crippen molar-refractivity contribution in [3.05, 3.63) is 12.2 Å². The fraction of sp³-hybridized carbons (Fsp3) is 0.643. The predicted octanol–water partition coefficient (Wildman–Crippen LogP) is 1.13. The van der Waals surface area contributed by atoms with Crippen LogP contribution < -0.4 is 0 Å². The number of carbonyl (C=O) groups is 4. The van der Waals surface area contributed by atoms with Crippen LogP contribution in [-0.4, -0.2) is 119 Å². The highest BCUT2D eigenvalue weighted by atomic mass is 16.4. The molecule has 38 heavy (non-hydrogen) atoms. The van der Waals surface area contributed by atoms with Gasteiger partial charge in [-0.15, -0.1) is 0 Å². The molecule has 10 nitrogen and oxygen atoms in total. The van der Waals surface area contributed by atoms with Gasteiger partial charge in [-0.3, -0.25) is 19.4 Å². The first-order valence-electron chi connectivity index (χ1n) is 13.4. The lowest BCUT2D eigenvalue weighted by Gasteiger charge is -2.11. The summed E-state index contributed by atoms with van der Waals surface area (Å²) in [6.07, 6.45) is 9.81. The molecular weight excluding hydrogens is 488 g/mol. The van der Waals surface area contributed by atoms with Crippen LogP contribution in [-0.2, 0) is 19.2 Å². The van der Waals surface area contributed by atoms with Crippen LogP contribution in [0.25, 0.3) is 0 Å². The third-order valence-corrected chi connectivity index (χ3v) is 6.50. The third-order valence-electron chi connectivity index (χ3n) is 6.50. The molecule has 4 saturated heterocycles. The van der Waals surface area contributed by atoms with Crippen LogP contribution in [0.5, 0.6) is 0 Å². The smallest absolute Gasteiger partial charge is 0.328 e. The van der Waals surface area contributed by atoms with Gasteiger partial charge in [-0.2, -0.15) is 0 Å². The number of amides is 2. The Balaban J connectivity index is 0.000000211. The standard InChI is InChI=1S/2C12H18N2O.C4H4O4/c2*15-12-6-5-11-14(12)10-4-3-9-13-7-1-2-8-13;5-3(6)1-2-4(7)8/h2*1-2,5-11H2;1-2H,(H,5,6)(H,7,8). The second kappa shape index (κ2) is 18.0. The van der Waals surface area contributed by atoms with Crippen LogP contribution in [0.2, 0.25) is 0 Å². The van der Waals surface area contributed by atoms with Crippen molar-refractivity contribution in [3.8, 4) is 23.7 Å². The minimum absolute atomic E-state index is 0.269. The van der Waals surface area contributed by atoms with Gasteiger partial charge in [0.25, 0.3) is 0 Å². The number of carboxylic acids is 2. The number of hydrogen-bond acceptors (Lipinski definition) is 6. The van der Waals surface area contributed by atoms with E-state index in [2.05, 4.69) is 33.5 Å². The zero-order valence-corrected chi connectivity index (χ0v) is 22.2. The van der Waals surface area contributed by atoms with Crippen LogP contribution in [0.4, 0.5) is 0 Å². The number of likely N-dealkylation sites (tertiary alicyclic amines) is 4. The molecule has 208 valence electrons. The summed E-state index contributed by atoms with van der Waals surface area (Å²) in [7, 11) is 0. The molecule has 4 heterocycles. The maximum atomic E-state index is 11.3. The molecule has 4 fully saturated rings. The fourth-order valence-electron chi connectivity index (χ4n) is 4.40. The van der Waals surface area contributed by atoms with Crippen molar-refractivity contribution in [2.24, 2.45) is 0 Å². The lowest BCUT2D eigenvalue weighted by Crippen LogP contribution is -2.25. The van der Waals surface area contributed by atoms with E-state index in [4.69, 9.17) is 10.2 Å². The number of carboxylic acid groups (broad SMARTS) is 2. The first-order valence-corrected chi connectivity index (χ1v) is 13.4. The van der Waals surface area contributed by atoms with E-state index in [0.717, 1.165) is 39.0 Å². The average molecular weight is 529 g/mol. The van der Waals surface area contributed by atoms with Crippen molar-refractivity contribution in [2.45, 2.75) is 51.4 Å². The number of aliphatic carboxylic acids is 2. The van der Waals surface area contributed by atoms with Crippen molar-refractivity contribution in [1.29, 1.82) is 0 Å². The lowest BCUT2D eigenvalue weighted by molar-refractivity contribution is -0.134. The summed E-state index contributed by atoms with van der Waals surface area (Å²) < 4.78 is 0. The number of carbonyl (C=O) groups excluding carboxylic acids is 2. The van der Waals surface area contributed by atoms with E-state index in [1.165, 1.54) is 51.9 Å². The predicted molar refractivity (Wildman–Crippen MR) is 143 cm³/mol. The minimum Gasteiger partial charge on any atom is -0.478 e. The summed E-state index contributed by atoms with van der Waals surface area (Å²) in [6.45, 7) is 9.58. The van der Waals surface area contributed by atoms with Gasteiger partial charge in [0.05, 0.1) is 26.2 Å². The van der Waals surface area contributed by atoms with Crippen LogP contribution in [0.3, 0.4) is 0 Å². The summed E-state index contributed by atoms with van der Waals surface area (Å²) in [4.78, 5) is 50.1. The first kappa shape index (κ1) is 30.9. The maximum absolute atomic E-state index is 11.3. The number of rotatable bonds is 6. The minimum atomic E-state index is -1.26. The molecule has 0 aromatic carbocycles.